The predicted molar refractivity (Wildman–Crippen MR) is 99.5 cm³/mol. The van der Waals surface area contributed by atoms with Gasteiger partial charge < -0.3 is 14.7 Å². The van der Waals surface area contributed by atoms with E-state index in [1.807, 2.05) is 6.92 Å². The first-order valence-corrected chi connectivity index (χ1v) is 10.6. The van der Waals surface area contributed by atoms with Gasteiger partial charge in [-0.2, -0.15) is 13.8 Å². The maximum Gasteiger partial charge on any atom is 0.353 e. The molecule has 2 aromatic heterocycles. The molecular weight excluding hydrogens is 467 g/mol. The molecule has 12 heteroatoms. The Morgan fingerprint density at radius 1 is 1.48 bits per heavy atom. The predicted octanol–water partition coefficient (Wildman–Crippen LogP) is 4.06. The van der Waals surface area contributed by atoms with Crippen molar-refractivity contribution in [3.05, 3.63) is 44.8 Å². The molecule has 2 heterocycles. The topological polar surface area (TPSA) is 105 Å². The number of hydrogen-bond donors (Lipinski definition) is 2. The van der Waals surface area contributed by atoms with Crippen LogP contribution in [-0.2, 0) is 23.2 Å². The van der Waals surface area contributed by atoms with Gasteiger partial charge in [-0.05, 0) is 34.1 Å². The van der Waals surface area contributed by atoms with Crippen LogP contribution in [0.15, 0.2) is 27.2 Å². The molecule has 1 aromatic carbocycles. The molecule has 2 N–H and O–H groups in total. The zero-order valence-electron chi connectivity index (χ0n) is 13.8. The summed E-state index contributed by atoms with van der Waals surface area (Å²) in [6, 6.07) is 4.43. The van der Waals surface area contributed by atoms with Gasteiger partial charge in [-0.1, -0.05) is 12.1 Å². The van der Waals surface area contributed by atoms with E-state index in [1.165, 1.54) is 18.2 Å². The van der Waals surface area contributed by atoms with Crippen molar-refractivity contribution in [1.82, 2.24) is 15.5 Å². The molecule has 0 spiro atoms. The first kappa shape index (κ1) is 20.1. The minimum Gasteiger partial charge on any atom is -0.345 e. The van der Waals surface area contributed by atoms with Crippen molar-refractivity contribution in [1.29, 1.82) is 0 Å². The number of amides is 1. The number of thiophene rings is 1. The van der Waals surface area contributed by atoms with Crippen molar-refractivity contribution in [2.75, 3.05) is 0 Å². The van der Waals surface area contributed by atoms with Crippen LogP contribution in [0.1, 0.15) is 33.9 Å². The lowest BCUT2D eigenvalue weighted by Crippen LogP contribution is -2.23. The Morgan fingerprint density at radius 3 is 2.85 bits per heavy atom. The maximum absolute atomic E-state index is 13.9. The number of carbonyl (C=O) groups is 1. The number of nitrogens with one attached hydrogen (secondary N) is 1. The second-order valence-electron chi connectivity index (χ2n) is 5.48. The molecule has 1 unspecified atom stereocenters. The Balaban J connectivity index is 1.84. The fourth-order valence-electron chi connectivity index (χ4n) is 2.27. The van der Waals surface area contributed by atoms with Gasteiger partial charge in [-0.3, -0.25) is 9.36 Å². The smallest absolute Gasteiger partial charge is 0.345 e. The minimum atomic E-state index is -4.10. The van der Waals surface area contributed by atoms with Crippen LogP contribution in [0.4, 0.5) is 8.78 Å². The highest BCUT2D eigenvalue weighted by molar-refractivity contribution is 9.10. The Bertz CT molecular complexity index is 1040. The summed E-state index contributed by atoms with van der Waals surface area (Å²) in [6.07, 6.45) is 0.580. The van der Waals surface area contributed by atoms with Crippen molar-refractivity contribution in [3.8, 4) is 0 Å². The summed E-state index contributed by atoms with van der Waals surface area (Å²) in [5, 5.41) is 6.71. The lowest BCUT2D eigenvalue weighted by Gasteiger charge is -2.10. The Labute approximate surface area is 164 Å². The van der Waals surface area contributed by atoms with Gasteiger partial charge in [0.05, 0.1) is 11.4 Å². The molecule has 0 saturated carbocycles. The molecule has 0 aliphatic heterocycles. The summed E-state index contributed by atoms with van der Waals surface area (Å²) >= 11 is 3.76. The van der Waals surface area contributed by atoms with Gasteiger partial charge in [0.2, 0.25) is 5.89 Å². The van der Waals surface area contributed by atoms with Crippen LogP contribution >= 0.6 is 35.3 Å². The molecule has 0 bridgehead atoms. The number of aromatic nitrogens is 2. The second kappa shape index (κ2) is 7.75. The van der Waals surface area contributed by atoms with Crippen molar-refractivity contribution in [2.45, 2.75) is 25.6 Å². The van der Waals surface area contributed by atoms with Crippen LogP contribution in [0.2, 0.25) is 0 Å². The highest BCUT2D eigenvalue weighted by Gasteiger charge is 2.42. The second-order valence-corrected chi connectivity index (χ2v) is 8.56. The zero-order valence-corrected chi connectivity index (χ0v) is 17.2. The van der Waals surface area contributed by atoms with Crippen LogP contribution in [-0.4, -0.2) is 20.9 Å². The number of fused-ring (bicyclic) bond motifs is 1. The average Bonchev–Trinajstić information content (AvgIpc) is 3.24. The van der Waals surface area contributed by atoms with Crippen LogP contribution in [0, 0.1) is 0 Å². The molecule has 3 aromatic rings. The van der Waals surface area contributed by atoms with Gasteiger partial charge in [0.15, 0.2) is 5.82 Å². The third kappa shape index (κ3) is 3.96. The molecule has 0 aliphatic carbocycles. The number of carbonyl (C=O) groups excluding carboxylic acids is 1. The van der Waals surface area contributed by atoms with E-state index < -0.39 is 24.5 Å². The molecule has 3 rings (SSSR count). The summed E-state index contributed by atoms with van der Waals surface area (Å²) in [5.74, 6) is 0.342. The van der Waals surface area contributed by atoms with Crippen LogP contribution < -0.4 is 5.32 Å². The summed E-state index contributed by atoms with van der Waals surface area (Å²) in [5.41, 5.74) is -3.60. The largest absolute Gasteiger partial charge is 0.353 e. The monoisotopic (exact) mass is 479 g/mol. The van der Waals surface area contributed by atoms with Gasteiger partial charge in [-0.25, -0.2) is 0 Å². The first-order valence-electron chi connectivity index (χ1n) is 7.67. The Kier molecular flexibility index (Phi) is 5.76. The molecule has 7 nitrogen and oxygen atoms in total. The quantitative estimate of drug-likeness (QED) is 0.516. The summed E-state index contributed by atoms with van der Waals surface area (Å²) in [6.45, 7) is 1.91. The Hall–Kier alpha value is -1.68. The number of alkyl halides is 2. The van der Waals surface area contributed by atoms with Crippen LogP contribution in [0.5, 0.6) is 0 Å². The number of hydrogen-bond acceptors (Lipinski definition) is 6. The number of rotatable bonds is 6. The average molecular weight is 480 g/mol. The van der Waals surface area contributed by atoms with Gasteiger partial charge in [0, 0.05) is 26.5 Å². The fourth-order valence-corrected chi connectivity index (χ4v) is 5.10. The molecular formula is C15H13BrF2N3O4PS. The summed E-state index contributed by atoms with van der Waals surface area (Å²) < 4.78 is 44.3. The third-order valence-corrected chi connectivity index (χ3v) is 6.96. The van der Waals surface area contributed by atoms with Crippen molar-refractivity contribution in [2.24, 2.45) is 0 Å². The van der Waals surface area contributed by atoms with Gasteiger partial charge in [0.1, 0.15) is 0 Å². The number of nitrogens with zero attached hydrogens (tertiary/aromatic N) is 2. The normalized spacial score (nSPS) is 13.1. The van der Waals surface area contributed by atoms with E-state index in [4.69, 9.17) is 9.42 Å². The van der Waals surface area contributed by atoms with Crippen LogP contribution in [0.25, 0.3) is 10.1 Å². The van der Waals surface area contributed by atoms with E-state index in [0.717, 1.165) is 0 Å². The molecule has 0 aliphatic rings. The number of halogens is 3. The highest BCUT2D eigenvalue weighted by atomic mass is 79.9. The fraction of sp³-hybridized carbons (Fsp3) is 0.267. The van der Waals surface area contributed by atoms with Crippen molar-refractivity contribution in [3.63, 3.8) is 0 Å². The van der Waals surface area contributed by atoms with Gasteiger partial charge >= 0.3 is 5.66 Å². The van der Waals surface area contributed by atoms with Crippen molar-refractivity contribution < 1.29 is 27.6 Å². The van der Waals surface area contributed by atoms with E-state index in [1.54, 1.807) is 0 Å². The summed E-state index contributed by atoms with van der Waals surface area (Å²) in [7, 11) is -4.10. The van der Waals surface area contributed by atoms with E-state index >= 15 is 0 Å². The van der Waals surface area contributed by atoms with E-state index in [-0.39, 0.29) is 16.6 Å². The highest BCUT2D eigenvalue weighted by Crippen LogP contribution is 2.54. The molecule has 0 fully saturated rings. The molecule has 27 heavy (non-hydrogen) atoms. The SMILES string of the molecule is CCc1nc(CNC(=O)c2ccc3sc(C(F)(F)[PH](=O)O)c(Br)c3c2)no1. The zero-order chi connectivity index (χ0) is 19.8. The summed E-state index contributed by atoms with van der Waals surface area (Å²) in [4.78, 5) is 24.8. The van der Waals surface area contributed by atoms with Gasteiger partial charge in [-0.15, -0.1) is 11.3 Å². The first-order chi connectivity index (χ1) is 12.7. The standard InChI is InChI=1S/C15H13BrF2N3O4PS/c1-2-11-20-10(21-25-11)6-19-14(22)7-3-4-9-8(5-7)12(16)13(27-9)15(17,18)26(23)24/h3-5,26H,2,6H2,1H3,(H,19,22)(H,23,24). The lowest BCUT2D eigenvalue weighted by molar-refractivity contribution is 0.0849. The lowest BCUT2D eigenvalue weighted by atomic mass is 10.1. The molecule has 0 saturated heterocycles. The van der Waals surface area contributed by atoms with Crippen molar-refractivity contribution >= 4 is 51.3 Å². The Morgan fingerprint density at radius 2 is 2.22 bits per heavy atom. The van der Waals surface area contributed by atoms with Crippen LogP contribution in [0.3, 0.4) is 0 Å². The number of benzene rings is 1. The minimum absolute atomic E-state index is 0.000283. The van der Waals surface area contributed by atoms with E-state index in [9.17, 15) is 18.1 Å². The molecule has 1 atom stereocenters. The molecule has 144 valence electrons. The van der Waals surface area contributed by atoms with E-state index in [0.29, 0.717) is 39.6 Å². The maximum atomic E-state index is 13.9. The molecule has 0 radical (unpaired) electrons. The van der Waals surface area contributed by atoms with E-state index in [2.05, 4.69) is 31.4 Å². The molecule has 1 amide bonds. The third-order valence-electron chi connectivity index (χ3n) is 3.66. The number of aryl methyl sites for hydroxylation is 1. The van der Waals surface area contributed by atoms with Gasteiger partial charge in [0.25, 0.3) is 13.9 Å².